The van der Waals surface area contributed by atoms with E-state index in [-0.39, 0.29) is 0 Å². The minimum atomic E-state index is 0.677. The molecule has 0 spiro atoms. The maximum atomic E-state index is 5.86. The molecular formula is C12H19BrN4O. The molecule has 1 saturated heterocycles. The molecule has 18 heavy (non-hydrogen) atoms. The molecule has 0 aliphatic carbocycles. The highest BCUT2D eigenvalue weighted by Gasteiger charge is 2.09. The molecule has 0 radical (unpaired) electrons. The number of rotatable bonds is 5. The number of morpholine rings is 1. The molecule has 1 aromatic rings. The van der Waals surface area contributed by atoms with Gasteiger partial charge in [0, 0.05) is 25.8 Å². The molecule has 6 heteroatoms. The highest BCUT2D eigenvalue weighted by molar-refractivity contribution is 9.10. The Morgan fingerprint density at radius 3 is 2.89 bits per heavy atom. The zero-order chi connectivity index (χ0) is 12.8. The van der Waals surface area contributed by atoms with Gasteiger partial charge in [-0.2, -0.15) is 0 Å². The third-order valence-corrected chi connectivity index (χ3v) is 3.59. The molecule has 0 bridgehead atoms. The van der Waals surface area contributed by atoms with Gasteiger partial charge in [-0.1, -0.05) is 0 Å². The van der Waals surface area contributed by atoms with Crippen LogP contribution in [0.1, 0.15) is 6.42 Å². The quantitative estimate of drug-likeness (QED) is 0.808. The van der Waals surface area contributed by atoms with Crippen LogP contribution in [0.2, 0.25) is 0 Å². The largest absolute Gasteiger partial charge is 0.396 e. The molecule has 1 fully saturated rings. The van der Waals surface area contributed by atoms with Gasteiger partial charge in [0.05, 0.1) is 35.3 Å². The normalized spacial score (nSPS) is 16.7. The Labute approximate surface area is 116 Å². The topological polar surface area (TPSA) is 63.4 Å². The molecular weight excluding hydrogens is 296 g/mol. The van der Waals surface area contributed by atoms with Crippen molar-refractivity contribution in [2.75, 3.05) is 50.4 Å². The van der Waals surface area contributed by atoms with Crippen molar-refractivity contribution in [3.8, 4) is 0 Å². The van der Waals surface area contributed by atoms with Crippen molar-refractivity contribution in [3.05, 3.63) is 16.9 Å². The molecule has 0 amide bonds. The second kappa shape index (κ2) is 6.92. The maximum absolute atomic E-state index is 5.86. The maximum Gasteiger partial charge on any atom is 0.0750 e. The Morgan fingerprint density at radius 2 is 2.17 bits per heavy atom. The van der Waals surface area contributed by atoms with Crippen molar-refractivity contribution >= 4 is 27.3 Å². The fourth-order valence-electron chi connectivity index (χ4n) is 1.98. The number of halogens is 1. The summed E-state index contributed by atoms with van der Waals surface area (Å²) in [7, 11) is 0. The van der Waals surface area contributed by atoms with Crippen LogP contribution in [-0.4, -0.2) is 49.3 Å². The minimum absolute atomic E-state index is 0.677. The van der Waals surface area contributed by atoms with Crippen molar-refractivity contribution in [3.63, 3.8) is 0 Å². The van der Waals surface area contributed by atoms with Crippen LogP contribution >= 0.6 is 15.9 Å². The van der Waals surface area contributed by atoms with Gasteiger partial charge in [0.15, 0.2) is 0 Å². The van der Waals surface area contributed by atoms with E-state index in [4.69, 9.17) is 10.5 Å². The van der Waals surface area contributed by atoms with Crippen LogP contribution < -0.4 is 11.1 Å². The van der Waals surface area contributed by atoms with E-state index in [9.17, 15) is 0 Å². The Morgan fingerprint density at radius 1 is 1.39 bits per heavy atom. The molecule has 5 nitrogen and oxygen atoms in total. The van der Waals surface area contributed by atoms with Crippen molar-refractivity contribution in [1.29, 1.82) is 0 Å². The number of hydrogen-bond donors (Lipinski definition) is 2. The van der Waals surface area contributed by atoms with Crippen LogP contribution in [0.15, 0.2) is 16.9 Å². The number of pyridine rings is 1. The first-order valence-electron chi connectivity index (χ1n) is 6.20. The van der Waals surface area contributed by atoms with Crippen molar-refractivity contribution in [2.45, 2.75) is 6.42 Å². The highest BCUT2D eigenvalue weighted by atomic mass is 79.9. The molecule has 1 aliphatic rings. The van der Waals surface area contributed by atoms with Crippen LogP contribution in [0, 0.1) is 0 Å². The molecule has 0 saturated carbocycles. The fourth-order valence-corrected chi connectivity index (χ4v) is 2.46. The minimum Gasteiger partial charge on any atom is -0.396 e. The third kappa shape index (κ3) is 3.83. The van der Waals surface area contributed by atoms with Gasteiger partial charge in [0.1, 0.15) is 0 Å². The number of anilines is 2. The fraction of sp³-hybridized carbons (Fsp3) is 0.583. The number of hydrogen-bond acceptors (Lipinski definition) is 5. The third-order valence-electron chi connectivity index (χ3n) is 2.99. The summed E-state index contributed by atoms with van der Waals surface area (Å²) in [5.74, 6) is 0. The average molecular weight is 315 g/mol. The Bertz CT molecular complexity index is 362. The summed E-state index contributed by atoms with van der Waals surface area (Å²) in [5.41, 5.74) is 7.48. The number of aromatic nitrogens is 1. The van der Waals surface area contributed by atoms with Crippen LogP contribution in [0.5, 0.6) is 0 Å². The average Bonchev–Trinajstić information content (AvgIpc) is 2.38. The number of ether oxygens (including phenoxy) is 1. The summed E-state index contributed by atoms with van der Waals surface area (Å²) in [4.78, 5) is 6.44. The van der Waals surface area contributed by atoms with Gasteiger partial charge in [-0.15, -0.1) is 0 Å². The molecule has 0 unspecified atom stereocenters. The molecule has 2 heterocycles. The van der Waals surface area contributed by atoms with Crippen LogP contribution in [0.25, 0.3) is 0 Å². The first-order chi connectivity index (χ1) is 8.77. The van der Waals surface area contributed by atoms with Gasteiger partial charge >= 0.3 is 0 Å². The summed E-state index contributed by atoms with van der Waals surface area (Å²) in [6, 6.07) is 0. The van der Waals surface area contributed by atoms with Crippen molar-refractivity contribution < 1.29 is 4.74 Å². The lowest BCUT2D eigenvalue weighted by Crippen LogP contribution is -2.37. The summed E-state index contributed by atoms with van der Waals surface area (Å²) >= 11 is 3.44. The molecule has 0 atom stereocenters. The van der Waals surface area contributed by atoms with E-state index in [1.807, 2.05) is 0 Å². The summed E-state index contributed by atoms with van der Waals surface area (Å²) < 4.78 is 6.23. The van der Waals surface area contributed by atoms with Gasteiger partial charge in [-0.25, -0.2) is 0 Å². The number of nitrogens with zero attached hydrogens (tertiary/aromatic N) is 2. The SMILES string of the molecule is Nc1cncc(Br)c1NCCCN1CCOCC1. The van der Waals surface area contributed by atoms with Gasteiger partial charge in [-0.05, 0) is 28.9 Å². The van der Waals surface area contributed by atoms with Crippen LogP contribution in [0.4, 0.5) is 11.4 Å². The van der Waals surface area contributed by atoms with E-state index >= 15 is 0 Å². The first kappa shape index (κ1) is 13.6. The molecule has 2 rings (SSSR count). The van der Waals surface area contributed by atoms with E-state index in [1.54, 1.807) is 12.4 Å². The Balaban J connectivity index is 1.71. The lowest BCUT2D eigenvalue weighted by molar-refractivity contribution is 0.0378. The number of nitrogens with two attached hydrogens (primary N) is 1. The Hall–Kier alpha value is -0.850. The zero-order valence-electron chi connectivity index (χ0n) is 10.4. The van der Waals surface area contributed by atoms with E-state index in [1.165, 1.54) is 0 Å². The Kier molecular flexibility index (Phi) is 5.22. The summed E-state index contributed by atoms with van der Waals surface area (Å²) in [6.45, 7) is 5.80. The molecule has 100 valence electrons. The van der Waals surface area contributed by atoms with E-state index in [0.29, 0.717) is 5.69 Å². The van der Waals surface area contributed by atoms with E-state index < -0.39 is 0 Å². The van der Waals surface area contributed by atoms with Crippen LogP contribution in [0.3, 0.4) is 0 Å². The second-order valence-corrected chi connectivity index (χ2v) is 5.17. The standard InChI is InChI=1S/C12H19BrN4O/c13-10-8-15-9-11(14)12(10)16-2-1-3-17-4-6-18-7-5-17/h8-9H,1-7,14H2,(H,15,16). The number of nitrogens with one attached hydrogen (secondary N) is 1. The van der Waals surface area contributed by atoms with E-state index in [0.717, 1.165) is 56.0 Å². The van der Waals surface area contributed by atoms with Gasteiger partial charge in [0.25, 0.3) is 0 Å². The summed E-state index contributed by atoms with van der Waals surface area (Å²) in [5, 5.41) is 3.35. The predicted octanol–water partition coefficient (Wildman–Crippen LogP) is 1.56. The molecule has 1 aliphatic heterocycles. The summed E-state index contributed by atoms with van der Waals surface area (Å²) in [6.07, 6.45) is 4.50. The van der Waals surface area contributed by atoms with Crippen molar-refractivity contribution in [1.82, 2.24) is 9.88 Å². The van der Waals surface area contributed by atoms with Gasteiger partial charge in [-0.3, -0.25) is 9.88 Å². The zero-order valence-corrected chi connectivity index (χ0v) is 11.9. The van der Waals surface area contributed by atoms with Crippen LogP contribution in [-0.2, 0) is 4.74 Å². The lowest BCUT2D eigenvalue weighted by Gasteiger charge is -2.26. The number of nitrogen functional groups attached to an aromatic ring is 1. The molecule has 3 N–H and O–H groups in total. The van der Waals surface area contributed by atoms with Gasteiger partial charge in [0.2, 0.25) is 0 Å². The van der Waals surface area contributed by atoms with Gasteiger partial charge < -0.3 is 15.8 Å². The predicted molar refractivity (Wildman–Crippen MR) is 76.7 cm³/mol. The monoisotopic (exact) mass is 314 g/mol. The molecule has 0 aromatic carbocycles. The van der Waals surface area contributed by atoms with E-state index in [2.05, 4.69) is 31.1 Å². The highest BCUT2D eigenvalue weighted by Crippen LogP contribution is 2.26. The second-order valence-electron chi connectivity index (χ2n) is 4.32. The van der Waals surface area contributed by atoms with Crippen molar-refractivity contribution in [2.24, 2.45) is 0 Å². The molecule has 1 aromatic heterocycles. The smallest absolute Gasteiger partial charge is 0.0750 e. The first-order valence-corrected chi connectivity index (χ1v) is 6.99. The lowest BCUT2D eigenvalue weighted by atomic mass is 10.3.